The van der Waals surface area contributed by atoms with Gasteiger partial charge < -0.3 is 14.6 Å². The van der Waals surface area contributed by atoms with Crippen LogP contribution in [0.4, 0.5) is 4.79 Å². The first-order chi connectivity index (χ1) is 8.92. The zero-order chi connectivity index (χ0) is 14.6. The molecule has 1 rings (SSSR count). The molecular formula is C13H19NO5. The Morgan fingerprint density at radius 3 is 2.63 bits per heavy atom. The number of carbonyl (C=O) groups excluding carboxylic acids is 1. The van der Waals surface area contributed by atoms with Crippen molar-refractivity contribution in [3.8, 4) is 0 Å². The van der Waals surface area contributed by atoms with Crippen molar-refractivity contribution in [3.63, 3.8) is 0 Å². The maximum absolute atomic E-state index is 11.9. The van der Waals surface area contributed by atoms with Crippen molar-refractivity contribution in [2.75, 3.05) is 20.8 Å². The molecule has 2 unspecified atom stereocenters. The molecule has 6 nitrogen and oxygen atoms in total. The molecule has 0 saturated carbocycles. The zero-order valence-corrected chi connectivity index (χ0v) is 11.4. The molecule has 1 fully saturated rings. The lowest BCUT2D eigenvalue weighted by atomic mass is 9.76. The lowest BCUT2D eigenvalue weighted by Gasteiger charge is -2.31. The van der Waals surface area contributed by atoms with E-state index >= 15 is 0 Å². The van der Waals surface area contributed by atoms with E-state index in [1.807, 2.05) is 6.92 Å². The molecular weight excluding hydrogens is 250 g/mol. The van der Waals surface area contributed by atoms with Gasteiger partial charge in [0.2, 0.25) is 0 Å². The van der Waals surface area contributed by atoms with Gasteiger partial charge in [-0.2, -0.15) is 0 Å². The van der Waals surface area contributed by atoms with Crippen LogP contribution in [-0.2, 0) is 14.3 Å². The Balaban J connectivity index is 3.30. The number of hydrogen-bond donors (Lipinski definition) is 1. The minimum atomic E-state index is -1.16. The van der Waals surface area contributed by atoms with Gasteiger partial charge in [0.25, 0.3) is 0 Å². The number of amides is 1. The Morgan fingerprint density at radius 1 is 1.58 bits per heavy atom. The minimum absolute atomic E-state index is 0.118. The number of nitrogens with zero attached hydrogens (tertiary/aromatic N) is 1. The summed E-state index contributed by atoms with van der Waals surface area (Å²) in [6, 6.07) is -0.894. The van der Waals surface area contributed by atoms with Gasteiger partial charge in [0.1, 0.15) is 6.04 Å². The van der Waals surface area contributed by atoms with E-state index < -0.39 is 23.5 Å². The fraction of sp³-hybridized carbons (Fsp3) is 0.538. The summed E-state index contributed by atoms with van der Waals surface area (Å²) in [5.74, 6) is -0.578. The van der Waals surface area contributed by atoms with E-state index in [4.69, 9.17) is 9.47 Å². The molecule has 1 aliphatic heterocycles. The molecule has 1 N–H and O–H groups in total. The van der Waals surface area contributed by atoms with E-state index in [1.165, 1.54) is 20.5 Å². The molecule has 0 aromatic rings. The van der Waals surface area contributed by atoms with Crippen LogP contribution >= 0.6 is 0 Å². The molecule has 0 aromatic heterocycles. The van der Waals surface area contributed by atoms with Crippen LogP contribution in [0.2, 0.25) is 0 Å². The topological polar surface area (TPSA) is 76.1 Å². The predicted molar refractivity (Wildman–Crippen MR) is 68.5 cm³/mol. The summed E-state index contributed by atoms with van der Waals surface area (Å²) in [7, 11) is 2.73. The third-order valence-electron chi connectivity index (χ3n) is 3.49. The van der Waals surface area contributed by atoms with E-state index in [9.17, 15) is 14.7 Å². The van der Waals surface area contributed by atoms with Crippen molar-refractivity contribution in [2.24, 2.45) is 5.41 Å². The molecule has 19 heavy (non-hydrogen) atoms. The van der Waals surface area contributed by atoms with E-state index in [2.05, 4.69) is 6.58 Å². The van der Waals surface area contributed by atoms with Gasteiger partial charge >= 0.3 is 12.1 Å². The molecule has 1 amide bonds. The van der Waals surface area contributed by atoms with Crippen LogP contribution in [-0.4, -0.2) is 48.9 Å². The number of methoxy groups -OCH3 is 2. The van der Waals surface area contributed by atoms with Gasteiger partial charge in [0, 0.05) is 12.0 Å². The highest BCUT2D eigenvalue weighted by Gasteiger charge is 2.53. The van der Waals surface area contributed by atoms with Crippen LogP contribution in [0, 0.1) is 5.41 Å². The van der Waals surface area contributed by atoms with Crippen molar-refractivity contribution in [2.45, 2.75) is 19.4 Å². The maximum atomic E-state index is 11.9. The highest BCUT2D eigenvalue weighted by molar-refractivity contribution is 5.84. The molecule has 0 bridgehead atoms. The Morgan fingerprint density at radius 2 is 2.21 bits per heavy atom. The van der Waals surface area contributed by atoms with E-state index in [1.54, 1.807) is 6.08 Å². The number of ether oxygens (including phenoxy) is 2. The second kappa shape index (κ2) is 5.77. The summed E-state index contributed by atoms with van der Waals surface area (Å²) < 4.78 is 9.73. The predicted octanol–water partition coefficient (Wildman–Crippen LogP) is 1.63. The highest BCUT2D eigenvalue weighted by atomic mass is 16.5. The number of allylic oxidation sites excluding steroid dienone is 1. The van der Waals surface area contributed by atoms with Gasteiger partial charge in [0.05, 0.1) is 20.5 Å². The van der Waals surface area contributed by atoms with Gasteiger partial charge in [-0.15, -0.1) is 6.58 Å². The van der Waals surface area contributed by atoms with E-state index in [-0.39, 0.29) is 6.54 Å². The van der Waals surface area contributed by atoms with E-state index in [0.29, 0.717) is 6.42 Å². The maximum Gasteiger partial charge on any atom is 0.408 e. The van der Waals surface area contributed by atoms with Crippen LogP contribution in [0.25, 0.3) is 0 Å². The monoisotopic (exact) mass is 269 g/mol. The smallest absolute Gasteiger partial charge is 0.408 e. The number of carboxylic acid groups (broad SMARTS) is 1. The summed E-state index contributed by atoms with van der Waals surface area (Å²) >= 11 is 0. The Labute approximate surface area is 112 Å². The number of esters is 1. The van der Waals surface area contributed by atoms with Gasteiger partial charge in [-0.1, -0.05) is 13.0 Å². The number of hydrogen-bond acceptors (Lipinski definition) is 4. The number of carbonyl (C=O) groups is 2. The SMILES string of the molecule is C=CCC1(C)C(=COC)CN(C(=O)O)C1C(=O)OC. The fourth-order valence-corrected chi connectivity index (χ4v) is 2.51. The van der Waals surface area contributed by atoms with Crippen LogP contribution in [0.5, 0.6) is 0 Å². The van der Waals surface area contributed by atoms with Crippen molar-refractivity contribution in [1.82, 2.24) is 4.90 Å². The first-order valence-corrected chi connectivity index (χ1v) is 5.83. The standard InChI is InChI=1S/C13H19NO5/c1-5-6-13(2)9(8-18-3)7-14(12(16)17)10(13)11(15)19-4/h5,8,10H,1,6-7H2,2-4H3,(H,16,17). The fourth-order valence-electron chi connectivity index (χ4n) is 2.51. The number of rotatable bonds is 4. The van der Waals surface area contributed by atoms with Crippen LogP contribution in [0.15, 0.2) is 24.5 Å². The van der Waals surface area contributed by atoms with Gasteiger partial charge in [-0.05, 0) is 12.0 Å². The van der Waals surface area contributed by atoms with Crippen molar-refractivity contribution < 1.29 is 24.2 Å². The molecule has 106 valence electrons. The van der Waals surface area contributed by atoms with Crippen molar-refractivity contribution >= 4 is 12.1 Å². The summed E-state index contributed by atoms with van der Waals surface area (Å²) in [6.45, 7) is 5.60. The second-order valence-corrected chi connectivity index (χ2v) is 4.63. The lowest BCUT2D eigenvalue weighted by molar-refractivity contribution is -0.148. The molecule has 6 heteroatoms. The molecule has 1 heterocycles. The molecule has 0 radical (unpaired) electrons. The van der Waals surface area contributed by atoms with E-state index in [0.717, 1.165) is 10.5 Å². The summed E-state index contributed by atoms with van der Waals surface area (Å²) in [4.78, 5) is 24.3. The third-order valence-corrected chi connectivity index (χ3v) is 3.49. The number of likely N-dealkylation sites (tertiary alicyclic amines) is 1. The van der Waals surface area contributed by atoms with Gasteiger partial charge in [-0.3, -0.25) is 4.90 Å². The second-order valence-electron chi connectivity index (χ2n) is 4.63. The normalized spacial score (nSPS) is 28.3. The van der Waals surface area contributed by atoms with Crippen molar-refractivity contribution in [3.05, 3.63) is 24.5 Å². The van der Waals surface area contributed by atoms with Crippen LogP contribution < -0.4 is 0 Å². The van der Waals surface area contributed by atoms with Crippen molar-refractivity contribution in [1.29, 1.82) is 0 Å². The third kappa shape index (κ3) is 2.57. The van der Waals surface area contributed by atoms with Gasteiger partial charge in [0.15, 0.2) is 0 Å². The Hall–Kier alpha value is -1.98. The largest absolute Gasteiger partial charge is 0.504 e. The average Bonchev–Trinajstić information content (AvgIpc) is 2.63. The minimum Gasteiger partial charge on any atom is -0.504 e. The molecule has 0 aromatic carbocycles. The lowest BCUT2D eigenvalue weighted by Crippen LogP contribution is -2.47. The molecule has 0 aliphatic carbocycles. The first-order valence-electron chi connectivity index (χ1n) is 5.83. The van der Waals surface area contributed by atoms with Crippen LogP contribution in [0.1, 0.15) is 13.3 Å². The molecule has 1 saturated heterocycles. The quantitative estimate of drug-likeness (QED) is 0.477. The van der Waals surface area contributed by atoms with Crippen LogP contribution in [0.3, 0.4) is 0 Å². The molecule has 0 spiro atoms. The molecule has 2 atom stereocenters. The summed E-state index contributed by atoms with van der Waals surface area (Å²) in [5, 5.41) is 9.24. The zero-order valence-electron chi connectivity index (χ0n) is 11.4. The highest BCUT2D eigenvalue weighted by Crippen LogP contribution is 2.44. The average molecular weight is 269 g/mol. The van der Waals surface area contributed by atoms with Gasteiger partial charge in [-0.25, -0.2) is 9.59 Å². The summed E-state index contributed by atoms with van der Waals surface area (Å²) in [6.07, 6.45) is 2.43. The Bertz CT molecular complexity index is 417. The first kappa shape index (κ1) is 15.1. The summed E-state index contributed by atoms with van der Waals surface area (Å²) in [5.41, 5.74) is 0.0242. The molecule has 1 aliphatic rings. The Kier molecular flexibility index (Phi) is 4.58.